The highest BCUT2D eigenvalue weighted by Crippen LogP contribution is 2.27. The minimum absolute atomic E-state index is 0.0971. The summed E-state index contributed by atoms with van der Waals surface area (Å²) in [6.07, 6.45) is 0. The number of hydrogen-bond acceptors (Lipinski definition) is 4. The number of hydrogen-bond donors (Lipinski definition) is 2. The van der Waals surface area contributed by atoms with Gasteiger partial charge in [0.1, 0.15) is 0 Å². The van der Waals surface area contributed by atoms with E-state index in [2.05, 4.69) is 37.6 Å². The number of nitrogens with zero attached hydrogens (tertiary/aromatic N) is 1. The Morgan fingerprint density at radius 1 is 1.43 bits per heavy atom. The molecule has 1 heterocycles. The first-order valence-corrected chi connectivity index (χ1v) is 8.30. The summed E-state index contributed by atoms with van der Waals surface area (Å²) in [4.78, 5) is 13.9. The van der Waals surface area contributed by atoms with Gasteiger partial charge in [-0.05, 0) is 58.1 Å². The molecule has 21 heavy (non-hydrogen) atoms. The smallest absolute Gasteiger partial charge is 0.251 e. The lowest BCUT2D eigenvalue weighted by molar-refractivity contribution is 0.0956. The second-order valence-electron chi connectivity index (χ2n) is 4.75. The van der Waals surface area contributed by atoms with Crippen molar-refractivity contribution in [2.75, 3.05) is 24.2 Å². The summed E-state index contributed by atoms with van der Waals surface area (Å²) in [5.74, 6) is -0.0971. The van der Waals surface area contributed by atoms with Crippen LogP contribution in [0.3, 0.4) is 0 Å². The van der Waals surface area contributed by atoms with Gasteiger partial charge in [-0.15, -0.1) is 11.3 Å². The number of carbonyl (C=O) groups excluding carboxylic acids is 1. The zero-order chi connectivity index (χ0) is 15.4. The first-order valence-electron chi connectivity index (χ1n) is 6.63. The lowest BCUT2D eigenvalue weighted by atomic mass is 10.1. The second-order valence-corrected chi connectivity index (χ2v) is 7.04. The standard InChI is InChI=1S/C15H18BrN3OS/c1-3-18-15(20)11-4-5-13(12(17)7-11)19(2)8-10-6-14(16)21-9-10/h4-7,9H,3,8,17H2,1-2H3,(H,18,20). The Bertz CT molecular complexity index is 642. The maximum absolute atomic E-state index is 11.8. The summed E-state index contributed by atoms with van der Waals surface area (Å²) in [5, 5.41) is 4.88. The molecule has 112 valence electrons. The van der Waals surface area contributed by atoms with Gasteiger partial charge in [0.2, 0.25) is 0 Å². The van der Waals surface area contributed by atoms with Crippen molar-refractivity contribution in [2.45, 2.75) is 13.5 Å². The molecule has 2 rings (SSSR count). The molecule has 0 saturated carbocycles. The molecule has 0 spiro atoms. The van der Waals surface area contributed by atoms with Crippen LogP contribution in [0.15, 0.2) is 33.4 Å². The van der Waals surface area contributed by atoms with Gasteiger partial charge in [-0.25, -0.2) is 0 Å². The Balaban J connectivity index is 2.14. The molecular weight excluding hydrogens is 350 g/mol. The van der Waals surface area contributed by atoms with Gasteiger partial charge in [0.05, 0.1) is 15.2 Å². The van der Waals surface area contributed by atoms with Gasteiger partial charge in [-0.2, -0.15) is 0 Å². The van der Waals surface area contributed by atoms with Crippen LogP contribution in [0, 0.1) is 0 Å². The molecule has 0 aliphatic heterocycles. The summed E-state index contributed by atoms with van der Waals surface area (Å²) < 4.78 is 1.12. The molecule has 1 aromatic carbocycles. The number of anilines is 2. The molecule has 2 aromatic rings. The molecular formula is C15H18BrN3OS. The van der Waals surface area contributed by atoms with E-state index < -0.39 is 0 Å². The topological polar surface area (TPSA) is 58.4 Å². The fourth-order valence-corrected chi connectivity index (χ4v) is 3.29. The fraction of sp³-hybridized carbons (Fsp3) is 0.267. The highest BCUT2D eigenvalue weighted by Gasteiger charge is 2.11. The predicted octanol–water partition coefficient (Wildman–Crippen LogP) is 3.48. The number of nitrogens with one attached hydrogen (secondary N) is 1. The van der Waals surface area contributed by atoms with E-state index in [1.54, 1.807) is 23.5 Å². The van der Waals surface area contributed by atoms with Gasteiger partial charge in [0.15, 0.2) is 0 Å². The SMILES string of the molecule is CCNC(=O)c1ccc(N(C)Cc2csc(Br)c2)c(N)c1. The van der Waals surface area contributed by atoms with E-state index in [0.717, 1.165) is 16.0 Å². The number of thiophene rings is 1. The van der Waals surface area contributed by atoms with Crippen molar-refractivity contribution in [3.05, 3.63) is 44.6 Å². The number of rotatable bonds is 5. The summed E-state index contributed by atoms with van der Waals surface area (Å²) in [7, 11) is 1.99. The first-order chi connectivity index (χ1) is 10.0. The summed E-state index contributed by atoms with van der Waals surface area (Å²) in [6, 6.07) is 7.51. The molecule has 3 N–H and O–H groups in total. The number of nitrogen functional groups attached to an aromatic ring is 1. The monoisotopic (exact) mass is 367 g/mol. The van der Waals surface area contributed by atoms with E-state index in [9.17, 15) is 4.79 Å². The molecule has 0 radical (unpaired) electrons. The molecule has 0 bridgehead atoms. The molecule has 6 heteroatoms. The molecule has 0 aliphatic carbocycles. The van der Waals surface area contributed by atoms with Crippen molar-refractivity contribution < 1.29 is 4.79 Å². The third-order valence-corrected chi connectivity index (χ3v) is 4.63. The van der Waals surface area contributed by atoms with Crippen molar-refractivity contribution >= 4 is 44.5 Å². The molecule has 1 aromatic heterocycles. The molecule has 0 aliphatic rings. The maximum Gasteiger partial charge on any atom is 0.251 e. The lowest BCUT2D eigenvalue weighted by Gasteiger charge is -2.21. The van der Waals surface area contributed by atoms with Crippen LogP contribution >= 0.6 is 27.3 Å². The van der Waals surface area contributed by atoms with Crippen LogP contribution in [0.25, 0.3) is 0 Å². The van der Waals surface area contributed by atoms with E-state index in [1.165, 1.54) is 5.56 Å². The van der Waals surface area contributed by atoms with Gasteiger partial charge in [0.25, 0.3) is 5.91 Å². The quantitative estimate of drug-likeness (QED) is 0.795. The Morgan fingerprint density at radius 2 is 2.19 bits per heavy atom. The van der Waals surface area contributed by atoms with Crippen molar-refractivity contribution in [3.8, 4) is 0 Å². The number of amides is 1. The normalized spacial score (nSPS) is 10.4. The molecule has 0 atom stereocenters. The average molecular weight is 368 g/mol. The van der Waals surface area contributed by atoms with Crippen molar-refractivity contribution in [2.24, 2.45) is 0 Å². The van der Waals surface area contributed by atoms with Gasteiger partial charge in [-0.3, -0.25) is 4.79 Å². The number of carbonyl (C=O) groups is 1. The van der Waals surface area contributed by atoms with Crippen molar-refractivity contribution in [1.82, 2.24) is 5.32 Å². The highest BCUT2D eigenvalue weighted by atomic mass is 79.9. The number of benzene rings is 1. The Morgan fingerprint density at radius 3 is 2.76 bits per heavy atom. The van der Waals surface area contributed by atoms with Crippen LogP contribution in [0.4, 0.5) is 11.4 Å². The predicted molar refractivity (Wildman–Crippen MR) is 93.0 cm³/mol. The van der Waals surface area contributed by atoms with Gasteiger partial charge in [-0.1, -0.05) is 0 Å². The van der Waals surface area contributed by atoms with E-state index in [4.69, 9.17) is 5.73 Å². The van der Waals surface area contributed by atoms with Crippen LogP contribution in [0.2, 0.25) is 0 Å². The van der Waals surface area contributed by atoms with E-state index in [0.29, 0.717) is 17.8 Å². The zero-order valence-electron chi connectivity index (χ0n) is 12.0. The molecule has 0 saturated heterocycles. The Hall–Kier alpha value is -1.53. The molecule has 0 unspecified atom stereocenters. The summed E-state index contributed by atoms with van der Waals surface area (Å²) >= 11 is 5.13. The third kappa shape index (κ3) is 3.98. The van der Waals surface area contributed by atoms with Crippen LogP contribution in [0.5, 0.6) is 0 Å². The van der Waals surface area contributed by atoms with Crippen LogP contribution < -0.4 is 16.0 Å². The summed E-state index contributed by atoms with van der Waals surface area (Å²) in [5.41, 5.74) is 9.43. The van der Waals surface area contributed by atoms with Gasteiger partial charge >= 0.3 is 0 Å². The van der Waals surface area contributed by atoms with Gasteiger partial charge in [0, 0.05) is 25.7 Å². The van der Waals surface area contributed by atoms with Crippen LogP contribution in [-0.2, 0) is 6.54 Å². The van der Waals surface area contributed by atoms with Crippen LogP contribution in [-0.4, -0.2) is 19.5 Å². The van der Waals surface area contributed by atoms with Crippen molar-refractivity contribution in [1.29, 1.82) is 0 Å². The molecule has 4 nitrogen and oxygen atoms in total. The fourth-order valence-electron chi connectivity index (χ4n) is 2.09. The molecule has 0 fully saturated rings. The largest absolute Gasteiger partial charge is 0.397 e. The van der Waals surface area contributed by atoms with E-state index >= 15 is 0 Å². The molecule has 1 amide bonds. The lowest BCUT2D eigenvalue weighted by Crippen LogP contribution is -2.23. The minimum atomic E-state index is -0.0971. The van der Waals surface area contributed by atoms with E-state index in [-0.39, 0.29) is 5.91 Å². The van der Waals surface area contributed by atoms with Crippen molar-refractivity contribution in [3.63, 3.8) is 0 Å². The van der Waals surface area contributed by atoms with Gasteiger partial charge < -0.3 is 16.0 Å². The third-order valence-electron chi connectivity index (χ3n) is 3.08. The Kier molecular flexibility index (Phi) is 5.25. The summed E-state index contributed by atoms with van der Waals surface area (Å²) in [6.45, 7) is 3.27. The second kappa shape index (κ2) is 6.95. The van der Waals surface area contributed by atoms with E-state index in [1.807, 2.05) is 20.0 Å². The average Bonchev–Trinajstić information content (AvgIpc) is 2.84. The zero-order valence-corrected chi connectivity index (χ0v) is 14.4. The maximum atomic E-state index is 11.8. The number of halogens is 1. The highest BCUT2D eigenvalue weighted by molar-refractivity contribution is 9.11. The minimum Gasteiger partial charge on any atom is -0.397 e. The van der Waals surface area contributed by atoms with Crippen LogP contribution in [0.1, 0.15) is 22.8 Å². The first kappa shape index (κ1) is 15.9. The Labute approximate surface area is 137 Å². The number of nitrogens with two attached hydrogens (primary N) is 1.